The normalized spacial score (nSPS) is 12.2. The molecule has 19 heteroatoms. The number of nitrogens with two attached hydrogens (primary N) is 4. The Hall–Kier alpha value is -7.06. The lowest BCUT2D eigenvalue weighted by Gasteiger charge is -2.12. The second kappa shape index (κ2) is 21.6. The van der Waals surface area contributed by atoms with Gasteiger partial charge in [0.25, 0.3) is 23.6 Å². The third-order valence-corrected chi connectivity index (χ3v) is 10.4. The van der Waals surface area contributed by atoms with E-state index in [1.54, 1.807) is 72.8 Å². The number of unbranched alkanes of at least 4 members (excludes halogenated alkanes) is 2. The van der Waals surface area contributed by atoms with Gasteiger partial charge in [0.1, 0.15) is 17.1 Å². The van der Waals surface area contributed by atoms with Crippen LogP contribution in [-0.2, 0) is 9.59 Å². The van der Waals surface area contributed by atoms with Crippen molar-refractivity contribution in [1.29, 1.82) is 0 Å². The number of aromatic amines is 3. The molecule has 6 amide bonds. The summed E-state index contributed by atoms with van der Waals surface area (Å²) in [4.78, 5) is 85.8. The molecule has 0 fully saturated rings. The van der Waals surface area contributed by atoms with Crippen LogP contribution in [0.4, 0.5) is 11.4 Å². The molecule has 0 radical (unpaired) electrons. The maximum atomic E-state index is 13.3. The number of H-pyrrole nitrogens is 3. The van der Waals surface area contributed by atoms with Crippen molar-refractivity contribution in [3.63, 3.8) is 0 Å². The topological polar surface area (TPSA) is 326 Å². The highest BCUT2D eigenvalue weighted by atomic mass is 16.2. The number of carbonyl (C=O) groups is 6. The molecule has 19 nitrogen and oxygen atoms in total. The van der Waals surface area contributed by atoms with Gasteiger partial charge in [-0.15, -0.1) is 0 Å². The second-order valence-corrected chi connectivity index (χ2v) is 15.2. The van der Waals surface area contributed by atoms with Crippen LogP contribution in [0.3, 0.4) is 0 Å². The largest absolute Gasteiger partial charge is 0.353 e. The maximum Gasteiger partial charge on any atom is 0.272 e. The van der Waals surface area contributed by atoms with E-state index >= 15 is 0 Å². The highest BCUT2D eigenvalue weighted by Crippen LogP contribution is 2.24. The second-order valence-electron chi connectivity index (χ2n) is 15.2. The number of hydrogen-bond acceptors (Lipinski definition) is 10. The fraction of sp³-hybridized carbons (Fsp3) is 0.318. The van der Waals surface area contributed by atoms with Gasteiger partial charge in [0, 0.05) is 75.8 Å². The van der Waals surface area contributed by atoms with E-state index in [9.17, 15) is 28.8 Å². The molecule has 6 rings (SSSR count). The molecule has 17 N–H and O–H groups in total. The summed E-state index contributed by atoms with van der Waals surface area (Å²) in [5.74, 6) is -2.03. The molecule has 3 aromatic heterocycles. The Labute approximate surface area is 362 Å². The molecule has 6 aromatic rings. The van der Waals surface area contributed by atoms with Crippen LogP contribution in [-0.4, -0.2) is 102 Å². The van der Waals surface area contributed by atoms with E-state index in [0.717, 1.165) is 25.7 Å². The van der Waals surface area contributed by atoms with Gasteiger partial charge in [-0.2, -0.15) is 0 Å². The Morgan fingerprint density at radius 2 is 0.857 bits per heavy atom. The van der Waals surface area contributed by atoms with E-state index in [1.807, 2.05) is 0 Å². The van der Waals surface area contributed by atoms with Crippen molar-refractivity contribution < 1.29 is 28.8 Å². The quantitative estimate of drug-likeness (QED) is 0.0442. The SMILES string of the molecule is NCCCC[C@H](N)C(=O)NCCNC(=O)c1cc2cc(NC(=O)c3ccc4[nH]c(C(=O)Nc5ccc6[nH]c(C(=O)NCCNC(=O)[C@@H](N)CCCCN)cc6c5)cc4c3)ccc2[nH]1. The Bertz CT molecular complexity index is 2460. The van der Waals surface area contributed by atoms with Crippen LogP contribution >= 0.6 is 0 Å². The van der Waals surface area contributed by atoms with Crippen molar-refractivity contribution >= 4 is 79.5 Å². The number of anilines is 2. The summed E-state index contributed by atoms with van der Waals surface area (Å²) in [6, 6.07) is 19.2. The summed E-state index contributed by atoms with van der Waals surface area (Å²) < 4.78 is 0. The van der Waals surface area contributed by atoms with E-state index in [1.165, 1.54) is 0 Å². The zero-order valence-electron chi connectivity index (χ0n) is 34.8. The number of aromatic nitrogens is 3. The van der Waals surface area contributed by atoms with Crippen LogP contribution in [0.15, 0.2) is 72.8 Å². The molecular weight excluding hydrogens is 807 g/mol. The molecule has 0 aliphatic heterocycles. The van der Waals surface area contributed by atoms with Gasteiger partial charge in [-0.25, -0.2) is 0 Å². The summed E-state index contributed by atoms with van der Waals surface area (Å²) >= 11 is 0. The lowest BCUT2D eigenvalue weighted by Crippen LogP contribution is -2.43. The van der Waals surface area contributed by atoms with Crippen LogP contribution in [0.5, 0.6) is 0 Å². The van der Waals surface area contributed by atoms with Crippen LogP contribution in [0.25, 0.3) is 32.7 Å². The van der Waals surface area contributed by atoms with Gasteiger partial charge in [-0.05, 0) is 112 Å². The van der Waals surface area contributed by atoms with Crippen molar-refractivity contribution in [2.45, 2.75) is 50.6 Å². The van der Waals surface area contributed by atoms with Crippen LogP contribution in [0.2, 0.25) is 0 Å². The van der Waals surface area contributed by atoms with Gasteiger partial charge in [0.15, 0.2) is 0 Å². The summed E-state index contributed by atoms with van der Waals surface area (Å²) in [5.41, 5.74) is 27.1. The Balaban J connectivity index is 0.983. The molecule has 0 saturated heterocycles. The third-order valence-electron chi connectivity index (χ3n) is 10.4. The zero-order chi connectivity index (χ0) is 44.9. The molecule has 2 atom stereocenters. The standard InChI is InChI=1S/C44H55N13O6/c45-13-3-1-5-31(47)40(59)49-15-17-51-42(61)36-23-27-20-29(8-11-34(27)55-36)53-39(58)25-7-10-33-26(19-25)22-38(57-33)44(63)54-30-9-12-35-28(21-30)24-37(56-35)43(62)52-18-16-50-41(60)32(48)6-2-4-14-46/h7-12,19-24,31-32,55-57H,1-6,13-18,45-48H2,(H,49,59)(H,50,60)(H,51,61)(H,52,62)(H,53,58)(H,54,63)/t31-,32-/m0/s1. The number of nitrogens with one attached hydrogen (secondary N) is 9. The van der Waals surface area contributed by atoms with Crippen molar-refractivity contribution in [2.24, 2.45) is 22.9 Å². The molecule has 332 valence electrons. The minimum absolute atomic E-state index is 0.210. The minimum atomic E-state index is -0.622. The molecule has 0 aliphatic rings. The molecule has 3 aromatic carbocycles. The first-order chi connectivity index (χ1) is 30.4. The molecule has 0 unspecified atom stereocenters. The summed E-state index contributed by atoms with van der Waals surface area (Å²) in [6.07, 6.45) is 4.23. The average Bonchev–Trinajstić information content (AvgIpc) is 4.03. The first-order valence-electron chi connectivity index (χ1n) is 21.0. The van der Waals surface area contributed by atoms with Crippen molar-refractivity contribution in [3.05, 3.63) is 95.4 Å². The molecule has 0 aliphatic carbocycles. The predicted octanol–water partition coefficient (Wildman–Crippen LogP) is 2.24. The van der Waals surface area contributed by atoms with Crippen molar-refractivity contribution in [2.75, 3.05) is 49.9 Å². The molecular formula is C44H55N13O6. The van der Waals surface area contributed by atoms with Gasteiger partial charge < -0.3 is 69.8 Å². The first kappa shape index (κ1) is 45.5. The first-order valence-corrected chi connectivity index (χ1v) is 21.0. The fourth-order valence-electron chi connectivity index (χ4n) is 6.92. The van der Waals surface area contributed by atoms with Crippen LogP contribution in [0.1, 0.15) is 80.3 Å². The van der Waals surface area contributed by atoms with E-state index in [-0.39, 0.29) is 61.4 Å². The van der Waals surface area contributed by atoms with Crippen molar-refractivity contribution in [3.8, 4) is 0 Å². The third kappa shape index (κ3) is 12.3. The number of hydrogen-bond donors (Lipinski definition) is 13. The summed E-state index contributed by atoms with van der Waals surface area (Å²) in [6.45, 7) is 1.97. The number of carbonyl (C=O) groups excluding carboxylic acids is 6. The van der Waals surface area contributed by atoms with E-state index < -0.39 is 18.0 Å². The molecule has 0 spiro atoms. The number of rotatable bonds is 22. The van der Waals surface area contributed by atoms with Gasteiger partial charge in [-0.3, -0.25) is 28.8 Å². The van der Waals surface area contributed by atoms with Gasteiger partial charge in [0.05, 0.1) is 12.1 Å². The monoisotopic (exact) mass is 861 g/mol. The van der Waals surface area contributed by atoms with Crippen LogP contribution in [0, 0.1) is 0 Å². The smallest absolute Gasteiger partial charge is 0.272 e. The van der Waals surface area contributed by atoms with E-state index in [2.05, 4.69) is 46.9 Å². The fourth-order valence-corrected chi connectivity index (χ4v) is 6.92. The zero-order valence-corrected chi connectivity index (χ0v) is 34.8. The molecule has 63 heavy (non-hydrogen) atoms. The highest BCUT2D eigenvalue weighted by molar-refractivity contribution is 6.10. The average molecular weight is 862 g/mol. The van der Waals surface area contributed by atoms with Crippen molar-refractivity contribution in [1.82, 2.24) is 36.2 Å². The van der Waals surface area contributed by atoms with Gasteiger partial charge in [-0.1, -0.05) is 12.8 Å². The van der Waals surface area contributed by atoms with E-state index in [0.29, 0.717) is 87.0 Å². The maximum absolute atomic E-state index is 13.3. The Morgan fingerprint density at radius 3 is 1.32 bits per heavy atom. The lowest BCUT2D eigenvalue weighted by atomic mass is 10.1. The number of amides is 6. The lowest BCUT2D eigenvalue weighted by molar-refractivity contribution is -0.123. The molecule has 3 heterocycles. The van der Waals surface area contributed by atoms with Crippen LogP contribution < -0.4 is 54.8 Å². The van der Waals surface area contributed by atoms with E-state index in [4.69, 9.17) is 22.9 Å². The number of fused-ring (bicyclic) bond motifs is 3. The minimum Gasteiger partial charge on any atom is -0.353 e. The van der Waals surface area contributed by atoms with Gasteiger partial charge >= 0.3 is 0 Å². The highest BCUT2D eigenvalue weighted by Gasteiger charge is 2.17. The summed E-state index contributed by atoms with van der Waals surface area (Å²) in [7, 11) is 0. The number of benzene rings is 3. The predicted molar refractivity (Wildman–Crippen MR) is 243 cm³/mol. The Morgan fingerprint density at radius 1 is 0.460 bits per heavy atom. The molecule has 0 bridgehead atoms. The molecule has 0 saturated carbocycles. The van der Waals surface area contributed by atoms with Gasteiger partial charge in [0.2, 0.25) is 11.8 Å². The Kier molecular flexibility index (Phi) is 15.6. The summed E-state index contributed by atoms with van der Waals surface area (Å²) in [5, 5.41) is 18.8.